The second-order valence-corrected chi connectivity index (χ2v) is 5.36. The maximum atomic E-state index is 9.24. The van der Waals surface area contributed by atoms with Gasteiger partial charge in [0.05, 0.1) is 11.6 Å². The number of benzene rings is 2. The first kappa shape index (κ1) is 13.0. The molecule has 3 rings (SSSR count). The Hall–Kier alpha value is -2.05. The van der Waals surface area contributed by atoms with E-state index < -0.39 is 0 Å². The van der Waals surface area contributed by atoms with E-state index in [-0.39, 0.29) is 0 Å². The number of nitrogens with zero attached hydrogens (tertiary/aromatic N) is 2. The van der Waals surface area contributed by atoms with Gasteiger partial charge in [-0.3, -0.25) is 0 Å². The Morgan fingerprint density at radius 2 is 2.00 bits per heavy atom. The van der Waals surface area contributed by atoms with Crippen molar-refractivity contribution in [1.82, 2.24) is 5.32 Å². The van der Waals surface area contributed by atoms with Crippen LogP contribution in [0.3, 0.4) is 0 Å². The Labute approximate surface area is 119 Å². The molecule has 20 heavy (non-hydrogen) atoms. The van der Waals surface area contributed by atoms with Gasteiger partial charge in [0, 0.05) is 35.6 Å². The molecule has 1 unspecified atom stereocenters. The van der Waals surface area contributed by atoms with Gasteiger partial charge in [0.2, 0.25) is 0 Å². The number of piperidine rings is 1. The summed E-state index contributed by atoms with van der Waals surface area (Å²) in [6.45, 7) is 2.13. The minimum Gasteiger partial charge on any atom is -0.369 e. The summed E-state index contributed by atoms with van der Waals surface area (Å²) in [5, 5.41) is 14.9. The number of hydrogen-bond donors (Lipinski definition) is 1. The average Bonchev–Trinajstić information content (AvgIpc) is 2.54. The lowest BCUT2D eigenvalue weighted by Gasteiger charge is -2.35. The molecule has 1 heterocycles. The van der Waals surface area contributed by atoms with Crippen LogP contribution in [0.2, 0.25) is 0 Å². The molecule has 2 aromatic carbocycles. The smallest absolute Gasteiger partial charge is 0.0998 e. The fraction of sp³-hybridized carbons (Fsp3) is 0.353. The molecular weight excluding hydrogens is 246 g/mol. The Balaban J connectivity index is 2.06. The van der Waals surface area contributed by atoms with E-state index in [1.54, 1.807) is 0 Å². The molecule has 0 saturated carbocycles. The van der Waals surface area contributed by atoms with Crippen LogP contribution in [0, 0.1) is 11.3 Å². The van der Waals surface area contributed by atoms with Crippen LogP contribution in [0.5, 0.6) is 0 Å². The summed E-state index contributed by atoms with van der Waals surface area (Å²) in [4.78, 5) is 2.44. The standard InChI is InChI=1S/C17H19N3/c1-19-14-5-4-10-20(12-14)17-9-8-13(11-18)15-6-2-3-7-16(15)17/h2-3,6-9,14,19H,4-5,10,12H2,1H3. The van der Waals surface area contributed by atoms with Crippen LogP contribution < -0.4 is 10.2 Å². The lowest BCUT2D eigenvalue weighted by molar-refractivity contribution is 0.450. The highest BCUT2D eigenvalue weighted by Gasteiger charge is 2.20. The minimum atomic E-state index is 0.554. The molecule has 0 aromatic heterocycles. The largest absolute Gasteiger partial charge is 0.369 e. The number of likely N-dealkylation sites (N-methyl/N-ethyl adjacent to an activating group) is 1. The van der Waals surface area contributed by atoms with Gasteiger partial charge in [-0.25, -0.2) is 0 Å². The Kier molecular flexibility index (Phi) is 3.58. The third-order valence-electron chi connectivity index (χ3n) is 4.19. The highest BCUT2D eigenvalue weighted by Crippen LogP contribution is 2.31. The summed E-state index contributed by atoms with van der Waals surface area (Å²) in [7, 11) is 2.03. The van der Waals surface area contributed by atoms with E-state index in [9.17, 15) is 5.26 Å². The fourth-order valence-electron chi connectivity index (χ4n) is 3.09. The second-order valence-electron chi connectivity index (χ2n) is 5.36. The van der Waals surface area contributed by atoms with Crippen molar-refractivity contribution in [3.05, 3.63) is 42.0 Å². The summed E-state index contributed by atoms with van der Waals surface area (Å²) >= 11 is 0. The molecule has 0 amide bonds. The van der Waals surface area contributed by atoms with Crippen LogP contribution in [-0.4, -0.2) is 26.2 Å². The van der Waals surface area contributed by atoms with Crippen LogP contribution in [-0.2, 0) is 0 Å². The molecule has 0 spiro atoms. The maximum Gasteiger partial charge on any atom is 0.0998 e. The Morgan fingerprint density at radius 1 is 1.20 bits per heavy atom. The highest BCUT2D eigenvalue weighted by atomic mass is 15.2. The van der Waals surface area contributed by atoms with Gasteiger partial charge in [-0.2, -0.15) is 5.26 Å². The van der Waals surface area contributed by atoms with Crippen molar-refractivity contribution in [2.75, 3.05) is 25.0 Å². The normalized spacial score (nSPS) is 19.0. The molecule has 1 aliphatic rings. The van der Waals surface area contributed by atoms with Crippen LogP contribution in [0.1, 0.15) is 18.4 Å². The first-order valence-electron chi connectivity index (χ1n) is 7.17. The van der Waals surface area contributed by atoms with Crippen LogP contribution >= 0.6 is 0 Å². The van der Waals surface area contributed by atoms with Gasteiger partial charge in [0.1, 0.15) is 0 Å². The van der Waals surface area contributed by atoms with E-state index >= 15 is 0 Å². The van der Waals surface area contributed by atoms with E-state index in [2.05, 4.69) is 28.4 Å². The summed E-state index contributed by atoms with van der Waals surface area (Å²) < 4.78 is 0. The molecule has 1 fully saturated rings. The molecule has 1 N–H and O–H groups in total. The van der Waals surface area contributed by atoms with Crippen molar-refractivity contribution in [1.29, 1.82) is 5.26 Å². The Morgan fingerprint density at radius 3 is 2.75 bits per heavy atom. The van der Waals surface area contributed by atoms with Gasteiger partial charge < -0.3 is 10.2 Å². The van der Waals surface area contributed by atoms with E-state index in [1.807, 2.05) is 31.3 Å². The minimum absolute atomic E-state index is 0.554. The molecule has 0 aliphatic carbocycles. The molecule has 0 bridgehead atoms. The lowest BCUT2D eigenvalue weighted by Crippen LogP contribution is -2.44. The molecule has 1 atom stereocenters. The average molecular weight is 265 g/mol. The van der Waals surface area contributed by atoms with Gasteiger partial charge in [0.15, 0.2) is 0 Å². The number of nitriles is 1. The number of nitrogens with one attached hydrogen (secondary N) is 1. The first-order valence-corrected chi connectivity index (χ1v) is 7.17. The summed E-state index contributed by atoms with van der Waals surface area (Å²) in [5.74, 6) is 0. The zero-order valence-electron chi connectivity index (χ0n) is 11.8. The number of anilines is 1. The fourth-order valence-corrected chi connectivity index (χ4v) is 3.09. The molecule has 2 aromatic rings. The maximum absolute atomic E-state index is 9.24. The van der Waals surface area contributed by atoms with Gasteiger partial charge in [-0.1, -0.05) is 24.3 Å². The highest BCUT2D eigenvalue weighted by molar-refractivity contribution is 5.97. The zero-order valence-corrected chi connectivity index (χ0v) is 11.8. The predicted molar refractivity (Wildman–Crippen MR) is 83.0 cm³/mol. The van der Waals surface area contributed by atoms with Crippen molar-refractivity contribution in [2.24, 2.45) is 0 Å². The molecule has 1 aliphatic heterocycles. The third-order valence-corrected chi connectivity index (χ3v) is 4.19. The first-order chi connectivity index (χ1) is 9.83. The molecule has 3 heteroatoms. The van der Waals surface area contributed by atoms with Gasteiger partial charge in [-0.05, 0) is 32.0 Å². The van der Waals surface area contributed by atoms with Gasteiger partial charge in [0.25, 0.3) is 0 Å². The van der Waals surface area contributed by atoms with Crippen LogP contribution in [0.15, 0.2) is 36.4 Å². The lowest BCUT2D eigenvalue weighted by atomic mass is 10.00. The van der Waals surface area contributed by atoms with E-state index in [0.717, 1.165) is 24.0 Å². The summed E-state index contributed by atoms with van der Waals surface area (Å²) in [6.07, 6.45) is 2.45. The summed E-state index contributed by atoms with van der Waals surface area (Å²) in [6, 6.07) is 15.1. The number of hydrogen-bond acceptors (Lipinski definition) is 3. The van der Waals surface area contributed by atoms with Gasteiger partial charge >= 0.3 is 0 Å². The topological polar surface area (TPSA) is 39.1 Å². The van der Waals surface area contributed by atoms with Crippen molar-refractivity contribution >= 4 is 16.5 Å². The SMILES string of the molecule is CNC1CCCN(c2ccc(C#N)c3ccccc23)C1. The molecule has 1 saturated heterocycles. The van der Waals surface area contributed by atoms with Crippen molar-refractivity contribution < 1.29 is 0 Å². The van der Waals surface area contributed by atoms with Crippen molar-refractivity contribution in [3.8, 4) is 6.07 Å². The van der Waals surface area contributed by atoms with Gasteiger partial charge in [-0.15, -0.1) is 0 Å². The van der Waals surface area contributed by atoms with Crippen molar-refractivity contribution in [2.45, 2.75) is 18.9 Å². The quantitative estimate of drug-likeness (QED) is 0.907. The van der Waals surface area contributed by atoms with Crippen LogP contribution in [0.25, 0.3) is 10.8 Å². The van der Waals surface area contributed by atoms with Crippen molar-refractivity contribution in [3.63, 3.8) is 0 Å². The number of rotatable bonds is 2. The third kappa shape index (κ3) is 2.23. The predicted octanol–water partition coefficient (Wildman–Crippen LogP) is 2.90. The van der Waals surface area contributed by atoms with Crippen LogP contribution in [0.4, 0.5) is 5.69 Å². The van der Waals surface area contributed by atoms with E-state index in [0.29, 0.717) is 6.04 Å². The van der Waals surface area contributed by atoms with E-state index in [4.69, 9.17) is 0 Å². The molecular formula is C17H19N3. The monoisotopic (exact) mass is 265 g/mol. The molecule has 102 valence electrons. The molecule has 3 nitrogen and oxygen atoms in total. The second kappa shape index (κ2) is 5.52. The number of fused-ring (bicyclic) bond motifs is 1. The van der Waals surface area contributed by atoms with E-state index in [1.165, 1.54) is 23.9 Å². The summed E-state index contributed by atoms with van der Waals surface area (Å²) in [5.41, 5.74) is 2.01. The molecule has 0 radical (unpaired) electrons. The zero-order chi connectivity index (χ0) is 13.9. The Bertz CT molecular complexity index is 657.